The third kappa shape index (κ3) is 3.69. The molecule has 0 atom stereocenters. The molecular weight excluding hydrogens is 428 g/mol. The molecule has 1 aliphatic carbocycles. The summed E-state index contributed by atoms with van der Waals surface area (Å²) in [7, 11) is 0.621. The zero-order valence-corrected chi connectivity index (χ0v) is 20.0. The first-order valence-corrected chi connectivity index (χ1v) is 13.0. The highest BCUT2D eigenvalue weighted by molar-refractivity contribution is 7.90. The van der Waals surface area contributed by atoms with Gasteiger partial charge in [-0.15, -0.1) is 0 Å². The SMILES string of the molecule is CN(C)C1(c2ccccc2)CCC(c2cc3ccccc3n2S(=O)(=O)c2ccccc2)CC1. The molecule has 33 heavy (non-hydrogen) atoms. The Bertz CT molecular complexity index is 1350. The zero-order valence-electron chi connectivity index (χ0n) is 19.2. The molecule has 1 aliphatic rings. The molecule has 1 saturated carbocycles. The average Bonchev–Trinajstić information content (AvgIpc) is 3.25. The Morgan fingerprint density at radius 2 is 1.39 bits per heavy atom. The molecule has 0 saturated heterocycles. The number of aromatic nitrogens is 1. The molecule has 3 aromatic carbocycles. The molecule has 1 aromatic heterocycles. The fourth-order valence-corrected chi connectivity index (χ4v) is 7.15. The molecule has 0 N–H and O–H groups in total. The first-order valence-electron chi connectivity index (χ1n) is 11.6. The van der Waals surface area contributed by atoms with Crippen LogP contribution in [0.2, 0.25) is 0 Å². The van der Waals surface area contributed by atoms with E-state index in [1.165, 1.54) is 5.56 Å². The van der Waals surface area contributed by atoms with Gasteiger partial charge in [-0.05, 0) is 69.6 Å². The van der Waals surface area contributed by atoms with Crippen LogP contribution in [0.15, 0.2) is 95.9 Å². The lowest BCUT2D eigenvalue weighted by Crippen LogP contribution is -2.44. The van der Waals surface area contributed by atoms with Crippen molar-refractivity contribution < 1.29 is 8.42 Å². The second kappa shape index (κ2) is 8.47. The maximum atomic E-state index is 13.8. The van der Waals surface area contributed by atoms with Gasteiger partial charge in [0.25, 0.3) is 10.0 Å². The fraction of sp³-hybridized carbons (Fsp3) is 0.286. The van der Waals surface area contributed by atoms with Crippen LogP contribution in [0.3, 0.4) is 0 Å². The van der Waals surface area contributed by atoms with E-state index in [1.54, 1.807) is 28.2 Å². The summed E-state index contributed by atoms with van der Waals surface area (Å²) in [4.78, 5) is 2.67. The van der Waals surface area contributed by atoms with Gasteiger partial charge in [-0.2, -0.15) is 0 Å². The van der Waals surface area contributed by atoms with Crippen LogP contribution in [0.5, 0.6) is 0 Å². The standard InChI is InChI=1S/C28H30N2O2S/c1-29(2)28(24-12-5-3-6-13-24)19-17-22(18-20-28)27-21-23-11-9-10-16-26(23)30(27)33(31,32)25-14-7-4-8-15-25/h3-16,21-22H,17-20H2,1-2H3. The lowest BCUT2D eigenvalue weighted by Gasteiger charge is -2.45. The Morgan fingerprint density at radius 1 is 0.818 bits per heavy atom. The van der Waals surface area contributed by atoms with Gasteiger partial charge in [0.2, 0.25) is 0 Å². The van der Waals surface area contributed by atoms with E-state index in [4.69, 9.17) is 0 Å². The van der Waals surface area contributed by atoms with Crippen LogP contribution in [0.1, 0.15) is 42.9 Å². The molecule has 0 unspecified atom stereocenters. The molecule has 4 nitrogen and oxygen atoms in total. The number of hydrogen-bond donors (Lipinski definition) is 0. The third-order valence-electron chi connectivity index (χ3n) is 7.37. The summed E-state index contributed by atoms with van der Waals surface area (Å²) in [6, 6.07) is 29.4. The Kier molecular flexibility index (Phi) is 5.63. The predicted octanol–water partition coefficient (Wildman–Crippen LogP) is 5.99. The van der Waals surface area contributed by atoms with Gasteiger partial charge in [0.15, 0.2) is 0 Å². The number of nitrogens with zero attached hydrogens (tertiary/aromatic N) is 2. The summed E-state index contributed by atoms with van der Waals surface area (Å²) in [6.45, 7) is 0. The van der Waals surface area contributed by atoms with Gasteiger partial charge in [-0.25, -0.2) is 12.4 Å². The number of rotatable bonds is 5. The Labute approximate surface area is 196 Å². The topological polar surface area (TPSA) is 42.3 Å². The summed E-state index contributed by atoms with van der Waals surface area (Å²) in [5.41, 5.74) is 2.97. The number of benzene rings is 3. The molecule has 4 aromatic rings. The minimum absolute atomic E-state index is 0.0209. The van der Waals surface area contributed by atoms with Gasteiger partial charge >= 0.3 is 0 Å². The van der Waals surface area contributed by atoms with Crippen LogP contribution < -0.4 is 0 Å². The minimum Gasteiger partial charge on any atom is -0.300 e. The summed E-state index contributed by atoms with van der Waals surface area (Å²) in [5.74, 6) is 0.188. The summed E-state index contributed by atoms with van der Waals surface area (Å²) in [6.07, 6.45) is 3.85. The molecule has 5 rings (SSSR count). The highest BCUT2D eigenvalue weighted by atomic mass is 32.2. The summed E-state index contributed by atoms with van der Waals surface area (Å²) >= 11 is 0. The average molecular weight is 459 g/mol. The number of hydrogen-bond acceptors (Lipinski definition) is 3. The Balaban J connectivity index is 1.57. The first kappa shape index (κ1) is 21.9. The lowest BCUT2D eigenvalue weighted by atomic mass is 9.71. The summed E-state index contributed by atoms with van der Waals surface area (Å²) in [5, 5.41) is 0.972. The van der Waals surface area contributed by atoms with Gasteiger partial charge in [-0.3, -0.25) is 4.90 Å². The smallest absolute Gasteiger partial charge is 0.268 e. The van der Waals surface area contributed by atoms with Crippen LogP contribution in [0.25, 0.3) is 10.9 Å². The van der Waals surface area contributed by atoms with E-state index in [2.05, 4.69) is 55.4 Å². The van der Waals surface area contributed by atoms with Crippen LogP contribution in [0.4, 0.5) is 0 Å². The van der Waals surface area contributed by atoms with Gasteiger partial charge in [0.05, 0.1) is 10.4 Å². The number of fused-ring (bicyclic) bond motifs is 1. The van der Waals surface area contributed by atoms with E-state index >= 15 is 0 Å². The minimum atomic E-state index is -3.69. The van der Waals surface area contributed by atoms with Crippen molar-refractivity contribution in [1.82, 2.24) is 8.87 Å². The molecule has 0 aliphatic heterocycles. The van der Waals surface area contributed by atoms with Crippen LogP contribution in [0, 0.1) is 0 Å². The fourth-order valence-electron chi connectivity index (χ4n) is 5.53. The van der Waals surface area contributed by atoms with Crippen molar-refractivity contribution in [2.24, 2.45) is 0 Å². The monoisotopic (exact) mass is 458 g/mol. The second-order valence-corrected chi connectivity index (χ2v) is 11.1. The zero-order chi connectivity index (χ0) is 23.1. The van der Waals surface area contributed by atoms with Gasteiger partial charge in [-0.1, -0.05) is 66.7 Å². The molecule has 0 bridgehead atoms. The van der Waals surface area contributed by atoms with Gasteiger partial charge < -0.3 is 0 Å². The highest BCUT2D eigenvalue weighted by Gasteiger charge is 2.40. The lowest BCUT2D eigenvalue weighted by molar-refractivity contribution is 0.0903. The van der Waals surface area contributed by atoms with Crippen LogP contribution in [-0.4, -0.2) is 31.4 Å². The van der Waals surface area contributed by atoms with E-state index in [0.29, 0.717) is 4.90 Å². The highest BCUT2D eigenvalue weighted by Crippen LogP contribution is 2.47. The normalized spacial score (nSPS) is 21.5. The van der Waals surface area contributed by atoms with E-state index in [1.807, 2.05) is 30.3 Å². The van der Waals surface area contributed by atoms with Crippen molar-refractivity contribution in [3.8, 4) is 0 Å². The molecular formula is C28H30N2O2S. The van der Waals surface area contributed by atoms with E-state index in [0.717, 1.165) is 42.3 Å². The van der Waals surface area contributed by atoms with Crippen molar-refractivity contribution in [1.29, 1.82) is 0 Å². The van der Waals surface area contributed by atoms with Crippen molar-refractivity contribution in [2.45, 2.75) is 42.0 Å². The van der Waals surface area contributed by atoms with Crippen molar-refractivity contribution >= 4 is 20.9 Å². The molecule has 170 valence electrons. The quantitative estimate of drug-likeness (QED) is 0.369. The maximum Gasteiger partial charge on any atom is 0.268 e. The third-order valence-corrected chi connectivity index (χ3v) is 9.13. The first-order chi connectivity index (χ1) is 15.9. The van der Waals surface area contributed by atoms with E-state index < -0.39 is 10.0 Å². The molecule has 0 radical (unpaired) electrons. The van der Waals surface area contributed by atoms with Gasteiger partial charge in [0.1, 0.15) is 0 Å². The molecule has 5 heteroatoms. The molecule has 0 amide bonds. The Morgan fingerprint density at radius 3 is 2.03 bits per heavy atom. The molecule has 1 fully saturated rings. The molecule has 0 spiro atoms. The Hall–Kier alpha value is -2.89. The largest absolute Gasteiger partial charge is 0.300 e. The van der Waals surface area contributed by atoms with Crippen LogP contribution >= 0.6 is 0 Å². The van der Waals surface area contributed by atoms with Gasteiger partial charge in [0, 0.05) is 22.5 Å². The van der Waals surface area contributed by atoms with E-state index in [-0.39, 0.29) is 11.5 Å². The number of para-hydroxylation sites is 1. The predicted molar refractivity (Wildman–Crippen MR) is 134 cm³/mol. The van der Waals surface area contributed by atoms with Crippen molar-refractivity contribution in [3.63, 3.8) is 0 Å². The van der Waals surface area contributed by atoms with Crippen LogP contribution in [-0.2, 0) is 15.6 Å². The second-order valence-electron chi connectivity index (χ2n) is 9.28. The van der Waals surface area contributed by atoms with E-state index in [9.17, 15) is 8.42 Å². The van der Waals surface area contributed by atoms with Crippen molar-refractivity contribution in [2.75, 3.05) is 14.1 Å². The maximum absolute atomic E-state index is 13.8. The molecule has 1 heterocycles. The summed E-state index contributed by atoms with van der Waals surface area (Å²) < 4.78 is 29.2. The van der Waals surface area contributed by atoms with Crippen molar-refractivity contribution in [3.05, 3.63) is 102 Å².